The van der Waals surface area contributed by atoms with Crippen molar-refractivity contribution in [3.05, 3.63) is 0 Å². The molecule has 0 bridgehead atoms. The zero-order valence-corrected chi connectivity index (χ0v) is 8.29. The fourth-order valence-electron chi connectivity index (χ4n) is 1.94. The van der Waals surface area contributed by atoms with Crippen molar-refractivity contribution in [2.24, 2.45) is 11.8 Å². The Balaban J connectivity index is 2.51. The second kappa shape index (κ2) is 3.66. The van der Waals surface area contributed by atoms with E-state index in [9.17, 15) is 9.90 Å². The number of carboxylic acid groups (broad SMARTS) is 1. The third kappa shape index (κ3) is 2.21. The van der Waals surface area contributed by atoms with E-state index >= 15 is 0 Å². The Morgan fingerprint density at radius 1 is 1.38 bits per heavy atom. The number of carboxylic acids is 1. The number of hydrogen-bond donors (Lipinski definition) is 2. The molecule has 0 aromatic carbocycles. The zero-order chi connectivity index (χ0) is 10.1. The van der Waals surface area contributed by atoms with Crippen molar-refractivity contribution in [2.45, 2.75) is 45.1 Å². The van der Waals surface area contributed by atoms with Gasteiger partial charge in [-0.05, 0) is 31.6 Å². The second-order valence-corrected chi connectivity index (χ2v) is 4.37. The summed E-state index contributed by atoms with van der Waals surface area (Å²) in [6.45, 7) is 3.97. The first-order chi connectivity index (χ1) is 5.96. The topological polar surface area (TPSA) is 57.5 Å². The highest BCUT2D eigenvalue weighted by molar-refractivity contribution is 5.70. The lowest BCUT2D eigenvalue weighted by Gasteiger charge is -2.37. The van der Waals surface area contributed by atoms with E-state index in [-0.39, 0.29) is 11.8 Å². The minimum absolute atomic E-state index is 0.224. The van der Waals surface area contributed by atoms with Gasteiger partial charge in [-0.25, -0.2) is 0 Å². The molecular weight excluding hydrogens is 168 g/mol. The van der Waals surface area contributed by atoms with Crippen LogP contribution in [-0.4, -0.2) is 21.8 Å². The van der Waals surface area contributed by atoms with Crippen molar-refractivity contribution in [1.82, 2.24) is 0 Å². The maximum Gasteiger partial charge on any atom is 0.306 e. The molecular formula is C10H18O3. The molecule has 0 aromatic rings. The van der Waals surface area contributed by atoms with E-state index in [4.69, 9.17) is 5.11 Å². The first-order valence-electron chi connectivity index (χ1n) is 4.91. The highest BCUT2D eigenvalue weighted by Gasteiger charge is 2.37. The van der Waals surface area contributed by atoms with E-state index in [1.54, 1.807) is 0 Å². The van der Waals surface area contributed by atoms with Crippen molar-refractivity contribution in [2.75, 3.05) is 0 Å². The molecule has 0 spiro atoms. The molecule has 0 radical (unpaired) electrons. The molecule has 3 nitrogen and oxygen atoms in total. The fraction of sp³-hybridized carbons (Fsp3) is 0.900. The smallest absolute Gasteiger partial charge is 0.306 e. The van der Waals surface area contributed by atoms with Crippen molar-refractivity contribution in [1.29, 1.82) is 0 Å². The van der Waals surface area contributed by atoms with Gasteiger partial charge in [-0.2, -0.15) is 0 Å². The normalized spacial score (nSPS) is 34.9. The largest absolute Gasteiger partial charge is 0.481 e. The SMILES string of the molecule is CC(C)[C@]1(O)CC[C@H](C(=O)O)CC1. The second-order valence-electron chi connectivity index (χ2n) is 4.37. The van der Waals surface area contributed by atoms with Crippen LogP contribution in [0.25, 0.3) is 0 Å². The Labute approximate surface area is 78.8 Å². The van der Waals surface area contributed by atoms with Crippen LogP contribution in [0.4, 0.5) is 0 Å². The van der Waals surface area contributed by atoms with Crippen molar-refractivity contribution in [3.8, 4) is 0 Å². The van der Waals surface area contributed by atoms with Crippen LogP contribution in [0.5, 0.6) is 0 Å². The van der Waals surface area contributed by atoms with E-state index in [0.29, 0.717) is 25.7 Å². The number of rotatable bonds is 2. The molecule has 1 aliphatic carbocycles. The summed E-state index contributed by atoms with van der Waals surface area (Å²) in [5.41, 5.74) is -0.619. The Morgan fingerprint density at radius 3 is 2.15 bits per heavy atom. The molecule has 2 N–H and O–H groups in total. The van der Waals surface area contributed by atoms with Gasteiger partial charge in [0.2, 0.25) is 0 Å². The lowest BCUT2D eigenvalue weighted by Crippen LogP contribution is -2.40. The third-order valence-electron chi connectivity index (χ3n) is 3.28. The van der Waals surface area contributed by atoms with Crippen molar-refractivity contribution in [3.63, 3.8) is 0 Å². The summed E-state index contributed by atoms with van der Waals surface area (Å²) in [5, 5.41) is 18.8. The van der Waals surface area contributed by atoms with Crippen LogP contribution in [-0.2, 0) is 4.79 Å². The minimum atomic E-state index is -0.717. The van der Waals surface area contributed by atoms with E-state index < -0.39 is 11.6 Å². The summed E-state index contributed by atoms with van der Waals surface area (Å²) < 4.78 is 0. The summed E-state index contributed by atoms with van der Waals surface area (Å²) in [7, 11) is 0. The number of aliphatic hydroxyl groups is 1. The van der Waals surface area contributed by atoms with Gasteiger partial charge in [-0.3, -0.25) is 4.79 Å². The molecule has 0 aliphatic heterocycles. The average molecular weight is 186 g/mol. The molecule has 0 aromatic heterocycles. The molecule has 1 fully saturated rings. The minimum Gasteiger partial charge on any atom is -0.481 e. The highest BCUT2D eigenvalue weighted by Crippen LogP contribution is 2.36. The van der Waals surface area contributed by atoms with Crippen LogP contribution < -0.4 is 0 Å². The van der Waals surface area contributed by atoms with Crippen molar-refractivity contribution >= 4 is 5.97 Å². The van der Waals surface area contributed by atoms with Crippen LogP contribution in [0.3, 0.4) is 0 Å². The lowest BCUT2D eigenvalue weighted by molar-refractivity contribution is -0.145. The molecule has 0 heterocycles. The van der Waals surface area contributed by atoms with Gasteiger partial charge in [0, 0.05) is 0 Å². The van der Waals surface area contributed by atoms with Crippen LogP contribution >= 0.6 is 0 Å². The maximum atomic E-state index is 10.7. The van der Waals surface area contributed by atoms with Crippen molar-refractivity contribution < 1.29 is 15.0 Å². The summed E-state index contributed by atoms with van der Waals surface area (Å²) in [6, 6.07) is 0. The molecule has 1 aliphatic rings. The molecule has 13 heavy (non-hydrogen) atoms. The molecule has 0 saturated heterocycles. The summed E-state index contributed by atoms with van der Waals surface area (Å²) in [6.07, 6.45) is 2.48. The van der Waals surface area contributed by atoms with Crippen LogP contribution in [0.1, 0.15) is 39.5 Å². The van der Waals surface area contributed by atoms with Gasteiger partial charge in [0.1, 0.15) is 0 Å². The molecule has 3 heteroatoms. The van der Waals surface area contributed by atoms with E-state index in [1.165, 1.54) is 0 Å². The van der Waals surface area contributed by atoms with E-state index in [0.717, 1.165) is 0 Å². The molecule has 1 rings (SSSR count). The van der Waals surface area contributed by atoms with Gasteiger partial charge in [-0.1, -0.05) is 13.8 Å². The van der Waals surface area contributed by atoms with E-state index in [2.05, 4.69) is 0 Å². The predicted octanol–water partition coefficient (Wildman–Crippen LogP) is 1.65. The first-order valence-corrected chi connectivity index (χ1v) is 4.91. The van der Waals surface area contributed by atoms with Gasteiger partial charge in [0.15, 0.2) is 0 Å². The first kappa shape index (κ1) is 10.5. The Morgan fingerprint density at radius 2 is 1.85 bits per heavy atom. The average Bonchev–Trinajstić information content (AvgIpc) is 2.04. The van der Waals surface area contributed by atoms with Crippen LogP contribution in [0.2, 0.25) is 0 Å². The summed E-state index contributed by atoms with van der Waals surface area (Å²) in [5.74, 6) is -0.730. The molecule has 0 amide bonds. The monoisotopic (exact) mass is 186 g/mol. The quantitative estimate of drug-likeness (QED) is 0.689. The zero-order valence-electron chi connectivity index (χ0n) is 8.29. The van der Waals surface area contributed by atoms with Gasteiger partial charge in [0.25, 0.3) is 0 Å². The number of aliphatic carboxylic acids is 1. The van der Waals surface area contributed by atoms with Gasteiger partial charge >= 0.3 is 5.97 Å². The maximum absolute atomic E-state index is 10.7. The summed E-state index contributed by atoms with van der Waals surface area (Å²) >= 11 is 0. The highest BCUT2D eigenvalue weighted by atomic mass is 16.4. The Bertz CT molecular complexity index is 190. The van der Waals surface area contributed by atoms with Gasteiger partial charge in [0.05, 0.1) is 11.5 Å². The van der Waals surface area contributed by atoms with Gasteiger partial charge < -0.3 is 10.2 Å². The third-order valence-corrected chi connectivity index (χ3v) is 3.28. The number of hydrogen-bond acceptors (Lipinski definition) is 2. The van der Waals surface area contributed by atoms with Crippen LogP contribution in [0, 0.1) is 11.8 Å². The summed E-state index contributed by atoms with van der Waals surface area (Å²) in [4.78, 5) is 10.7. The molecule has 0 unspecified atom stereocenters. The predicted molar refractivity (Wildman–Crippen MR) is 49.4 cm³/mol. The molecule has 0 atom stereocenters. The Hall–Kier alpha value is -0.570. The van der Waals surface area contributed by atoms with Gasteiger partial charge in [-0.15, -0.1) is 0 Å². The fourth-order valence-corrected chi connectivity index (χ4v) is 1.94. The standard InChI is InChI=1S/C10H18O3/c1-7(2)10(13)5-3-8(4-6-10)9(11)12/h7-8,13H,3-6H2,1-2H3,(H,11,12)/t8-,10-. The van der Waals surface area contributed by atoms with Crippen LogP contribution in [0.15, 0.2) is 0 Å². The Kier molecular flexibility index (Phi) is 2.96. The molecule has 76 valence electrons. The number of carbonyl (C=O) groups is 1. The molecule has 1 saturated carbocycles. The van der Waals surface area contributed by atoms with E-state index in [1.807, 2.05) is 13.8 Å². The lowest BCUT2D eigenvalue weighted by atomic mass is 9.73.